The molecule has 0 aliphatic heterocycles. The Kier molecular flexibility index (Phi) is 15.6. The summed E-state index contributed by atoms with van der Waals surface area (Å²) in [7, 11) is 0. The van der Waals surface area contributed by atoms with Gasteiger partial charge in [-0.05, 0) is 191 Å². The van der Waals surface area contributed by atoms with Crippen LogP contribution < -0.4 is 19.6 Å². The van der Waals surface area contributed by atoms with E-state index in [0.29, 0.717) is 0 Å². The molecule has 24 rings (SSSR count). The predicted octanol–water partition coefficient (Wildman–Crippen LogP) is 31.8. The zero-order chi connectivity index (χ0) is 80.7. The molecule has 4 aliphatic carbocycles. The molecule has 0 saturated carbocycles. The lowest BCUT2D eigenvalue weighted by Gasteiger charge is -2.31. The fourth-order valence-corrected chi connectivity index (χ4v) is 20.7. The van der Waals surface area contributed by atoms with Crippen molar-refractivity contribution >= 4 is 134 Å². The van der Waals surface area contributed by atoms with E-state index in [4.69, 9.17) is 17.7 Å². The normalized spacial score (nSPS) is 14.3. The Morgan fingerprint density at radius 2 is 0.433 bits per heavy atom. The third-order valence-corrected chi connectivity index (χ3v) is 26.4. The average molecular weight is 1550 g/mol. The van der Waals surface area contributed by atoms with E-state index in [-0.39, 0.29) is 21.7 Å². The number of furan rings is 4. The monoisotopic (exact) mass is 1550 g/mol. The Morgan fingerprint density at radius 3 is 0.750 bits per heavy atom. The summed E-state index contributed by atoms with van der Waals surface area (Å²) in [5, 5.41) is 9.32. The summed E-state index contributed by atoms with van der Waals surface area (Å²) in [6, 6.07) is 130. The summed E-state index contributed by atoms with van der Waals surface area (Å²) in [5.74, 6) is 3.96. The molecule has 4 aromatic heterocycles. The second kappa shape index (κ2) is 26.5. The fraction of sp³-hybridized carbons (Fsp3) is 0.107. The molecule has 0 spiro atoms. The zero-order valence-corrected chi connectivity index (χ0v) is 68.1. The van der Waals surface area contributed by atoms with Crippen molar-refractivity contribution in [1.82, 2.24) is 0 Å². The Balaban J connectivity index is 0.000000141. The number of anilines is 12. The van der Waals surface area contributed by atoms with Crippen LogP contribution in [0.3, 0.4) is 0 Å². The molecule has 0 saturated heterocycles. The number of benzene rings is 16. The SMILES string of the molecule is CC1(C)c2cc(N(c3ccccc3)c3cccc4c3oc3ccccc34)ccc2-c2oc3c(c21)C(C)(C)c1cc(N(c2ccccc2)c2cccc4c2oc2ccccc24)ccc1-3.CC1(C)c2cc(N(c3ccccc3)c3cccc4ccccc34)ccc2-c2oc3c(c21)C(C)(C)c1cc(N(c2ccccc2)c2cccc4ccccc24)ccc1-3. The van der Waals surface area contributed by atoms with Crippen LogP contribution in [0.25, 0.3) is 111 Å². The molecular weight excluding hydrogens is 1470 g/mol. The van der Waals surface area contributed by atoms with Gasteiger partial charge in [0.1, 0.15) is 34.2 Å². The maximum absolute atomic E-state index is 7.16. The molecule has 8 nitrogen and oxygen atoms in total. The Hall–Kier alpha value is -14.6. The van der Waals surface area contributed by atoms with Crippen LogP contribution in [0, 0.1) is 0 Å². The quantitative estimate of drug-likeness (QED) is 0.120. The molecule has 0 amide bonds. The highest BCUT2D eigenvalue weighted by Crippen LogP contribution is 2.65. The minimum atomic E-state index is -0.347. The van der Waals surface area contributed by atoms with Crippen molar-refractivity contribution in [2.75, 3.05) is 19.6 Å². The summed E-state index contributed by atoms with van der Waals surface area (Å²) in [5.41, 5.74) is 30.2. The van der Waals surface area contributed by atoms with Crippen molar-refractivity contribution in [3.05, 3.63) is 408 Å². The number of hydrogen-bond acceptors (Lipinski definition) is 8. The Morgan fingerprint density at radius 1 is 0.192 bits per heavy atom. The largest absolute Gasteiger partial charge is 0.455 e. The van der Waals surface area contributed by atoms with E-state index < -0.39 is 0 Å². The number of nitrogens with zero attached hydrogens (tertiary/aromatic N) is 4. The standard InChI is InChI=1S/C58H42N2O3.C54H42N2O/c1-57(2)45-33-37(59(35-17-7-5-8-18-35)47-25-15-23-41-39-21-11-13-27-49(39)61-53(41)47)29-31-43(45)55-51(57)52-56(63-55)44-32-30-38(34-46(44)58(52,3)4)60(36-19-9-6-10-20-36)48-26-16-24-42-40-22-12-14-28-50(40)62-54(42)48;1-53(2)45-33-39(55(37-21-7-5-8-22-37)47-27-15-19-35-17-11-13-25-41(35)47)29-31-43(45)51-49(53)50-52(57-51)44-32-30-40(34-46(44)54(50,3)4)56(38-23-9-6-10-24-38)48-28-16-20-36-18-12-14-26-42(36)48/h5-34H,1-4H3;5-34H,1-4H3. The van der Waals surface area contributed by atoms with Crippen LogP contribution in [0.15, 0.2) is 382 Å². The van der Waals surface area contributed by atoms with Crippen molar-refractivity contribution < 1.29 is 17.7 Å². The van der Waals surface area contributed by atoms with Gasteiger partial charge in [-0.2, -0.15) is 0 Å². The molecule has 0 fully saturated rings. The molecular formula is C112H84N4O4. The zero-order valence-electron chi connectivity index (χ0n) is 68.1. The van der Waals surface area contributed by atoms with Gasteiger partial charge in [-0.1, -0.05) is 262 Å². The number of para-hydroxylation sites is 8. The van der Waals surface area contributed by atoms with E-state index in [9.17, 15) is 0 Å². The van der Waals surface area contributed by atoms with E-state index in [2.05, 4.69) is 415 Å². The van der Waals surface area contributed by atoms with Gasteiger partial charge in [0.15, 0.2) is 11.2 Å². The van der Waals surface area contributed by atoms with Gasteiger partial charge in [0.25, 0.3) is 0 Å². The van der Waals surface area contributed by atoms with Gasteiger partial charge in [0.05, 0.1) is 22.7 Å². The number of hydrogen-bond donors (Lipinski definition) is 0. The van der Waals surface area contributed by atoms with Gasteiger partial charge in [-0.3, -0.25) is 0 Å². The maximum Gasteiger partial charge on any atom is 0.159 e. The molecule has 0 N–H and O–H groups in total. The molecule has 16 aromatic carbocycles. The number of rotatable bonds is 12. The van der Waals surface area contributed by atoms with E-state index in [1.54, 1.807) is 0 Å². The van der Waals surface area contributed by atoms with Crippen LogP contribution in [-0.4, -0.2) is 0 Å². The van der Waals surface area contributed by atoms with Crippen LogP contribution in [0.2, 0.25) is 0 Å². The summed E-state index contributed by atoms with van der Waals surface area (Å²) in [6.07, 6.45) is 0. The lowest BCUT2D eigenvalue weighted by molar-refractivity contribution is 0.592. The lowest BCUT2D eigenvalue weighted by Crippen LogP contribution is -2.23. The molecule has 0 unspecified atom stereocenters. The van der Waals surface area contributed by atoms with Gasteiger partial charge >= 0.3 is 0 Å². The highest BCUT2D eigenvalue weighted by Gasteiger charge is 2.52. The van der Waals surface area contributed by atoms with Crippen LogP contribution in [0.5, 0.6) is 0 Å². The van der Waals surface area contributed by atoms with Crippen LogP contribution >= 0.6 is 0 Å². The lowest BCUT2D eigenvalue weighted by atomic mass is 9.74. The summed E-state index contributed by atoms with van der Waals surface area (Å²) in [4.78, 5) is 9.46. The summed E-state index contributed by atoms with van der Waals surface area (Å²) in [6.45, 7) is 19.0. The first-order chi connectivity index (χ1) is 58.6. The van der Waals surface area contributed by atoms with E-state index >= 15 is 0 Å². The number of fused-ring (bicyclic) bond motifs is 22. The molecule has 576 valence electrons. The second-order valence-electron chi connectivity index (χ2n) is 34.6. The molecule has 120 heavy (non-hydrogen) atoms. The predicted molar refractivity (Wildman–Crippen MR) is 496 cm³/mol. The molecule has 20 aromatic rings. The van der Waals surface area contributed by atoms with Gasteiger partial charge in [-0.25, -0.2) is 0 Å². The molecule has 0 bridgehead atoms. The maximum atomic E-state index is 7.16. The fourth-order valence-electron chi connectivity index (χ4n) is 20.7. The third-order valence-electron chi connectivity index (χ3n) is 26.4. The topological polar surface area (TPSA) is 65.5 Å². The van der Waals surface area contributed by atoms with Crippen molar-refractivity contribution in [2.45, 2.75) is 77.0 Å². The van der Waals surface area contributed by atoms with E-state index in [1.807, 2.05) is 24.3 Å². The van der Waals surface area contributed by atoms with Crippen molar-refractivity contribution in [3.8, 4) is 45.3 Å². The van der Waals surface area contributed by atoms with Crippen molar-refractivity contribution in [1.29, 1.82) is 0 Å². The van der Waals surface area contributed by atoms with Gasteiger partial charge in [0, 0.05) is 144 Å². The van der Waals surface area contributed by atoms with Crippen molar-refractivity contribution in [3.63, 3.8) is 0 Å². The minimum absolute atomic E-state index is 0.292. The smallest absolute Gasteiger partial charge is 0.159 e. The van der Waals surface area contributed by atoms with Crippen molar-refractivity contribution in [2.24, 2.45) is 0 Å². The first kappa shape index (κ1) is 70.8. The highest BCUT2D eigenvalue weighted by atomic mass is 16.4. The summed E-state index contributed by atoms with van der Waals surface area (Å²) >= 11 is 0. The second-order valence-corrected chi connectivity index (χ2v) is 34.6. The van der Waals surface area contributed by atoms with Crippen LogP contribution in [0.4, 0.5) is 68.2 Å². The molecule has 8 heteroatoms. The Bertz CT molecular complexity index is 7110. The first-order valence-electron chi connectivity index (χ1n) is 41.7. The summed E-state index contributed by atoms with van der Waals surface area (Å²) < 4.78 is 27.5. The highest BCUT2D eigenvalue weighted by molar-refractivity contribution is 6.12. The minimum Gasteiger partial charge on any atom is -0.455 e. The van der Waals surface area contributed by atoms with Gasteiger partial charge in [-0.15, -0.1) is 0 Å². The Labute approximate surface area is 697 Å². The first-order valence-corrected chi connectivity index (χ1v) is 41.7. The average Bonchev–Trinajstić information content (AvgIpc) is 1.52. The van der Waals surface area contributed by atoms with Crippen LogP contribution in [0.1, 0.15) is 99.9 Å². The molecule has 0 radical (unpaired) electrons. The molecule has 4 aliphatic rings. The van der Waals surface area contributed by atoms with Gasteiger partial charge < -0.3 is 37.3 Å². The molecule has 0 atom stereocenters. The molecule has 4 heterocycles. The van der Waals surface area contributed by atoms with E-state index in [1.165, 1.54) is 77.2 Å². The van der Waals surface area contributed by atoms with Crippen LogP contribution in [-0.2, 0) is 21.7 Å². The van der Waals surface area contributed by atoms with E-state index in [0.717, 1.165) is 146 Å². The van der Waals surface area contributed by atoms with Gasteiger partial charge in [0.2, 0.25) is 0 Å². The third kappa shape index (κ3) is 10.5.